The van der Waals surface area contributed by atoms with Gasteiger partial charge < -0.3 is 47.4 Å². The highest BCUT2D eigenvalue weighted by Crippen LogP contribution is 2.31. The van der Waals surface area contributed by atoms with E-state index in [-0.39, 0.29) is 12.2 Å². The first kappa shape index (κ1) is 37.3. The zero-order valence-electron chi connectivity index (χ0n) is 30.1. The van der Waals surface area contributed by atoms with Gasteiger partial charge in [0.1, 0.15) is 59.9 Å². The number of nitrogens with zero attached hydrogens (tertiary/aromatic N) is 1. The highest BCUT2D eigenvalue weighted by molar-refractivity contribution is 5.66. The van der Waals surface area contributed by atoms with Crippen LogP contribution in [0.4, 0.5) is 0 Å². The second-order valence-electron chi connectivity index (χ2n) is 12.6. The number of epoxide rings is 2. The van der Waals surface area contributed by atoms with E-state index in [4.69, 9.17) is 47.4 Å². The van der Waals surface area contributed by atoms with E-state index in [0.29, 0.717) is 89.1 Å². The Morgan fingerprint density at radius 1 is 0.407 bits per heavy atom. The van der Waals surface area contributed by atoms with E-state index in [1.165, 1.54) is 0 Å². The zero-order valence-corrected chi connectivity index (χ0v) is 30.1. The standard InChI is InChI=1S/C43H45NO10/c1-9-36(49-23-21-45-17-19-47-28-42-30-51-42)10-2-32(1)34-5-13-38(14-6-34)53-40-25-41(27-44-26-40)54-39-15-7-35(8-16-39)33-3-11-37(12-4-33)50-24-22-46-18-20-48-29-43-31-52-43/h1-16,25-27,42-43H,17-24,28-31H2. The van der Waals surface area contributed by atoms with E-state index < -0.39 is 0 Å². The Morgan fingerprint density at radius 3 is 1.11 bits per heavy atom. The van der Waals surface area contributed by atoms with Gasteiger partial charge in [0.15, 0.2) is 0 Å². The molecule has 3 heterocycles. The van der Waals surface area contributed by atoms with Crippen LogP contribution in [0.1, 0.15) is 0 Å². The molecule has 5 aromatic rings. The van der Waals surface area contributed by atoms with Gasteiger partial charge in [0.25, 0.3) is 0 Å². The van der Waals surface area contributed by atoms with Gasteiger partial charge in [-0.3, -0.25) is 4.98 Å². The molecule has 2 unspecified atom stereocenters. The van der Waals surface area contributed by atoms with Gasteiger partial charge in [-0.25, -0.2) is 0 Å². The first-order valence-electron chi connectivity index (χ1n) is 18.2. The van der Waals surface area contributed by atoms with E-state index in [9.17, 15) is 0 Å². The summed E-state index contributed by atoms with van der Waals surface area (Å²) < 4.78 is 56.1. The molecule has 0 radical (unpaired) electrons. The second-order valence-corrected chi connectivity index (χ2v) is 12.6. The van der Waals surface area contributed by atoms with E-state index >= 15 is 0 Å². The number of aromatic nitrogens is 1. The zero-order chi connectivity index (χ0) is 36.6. The quantitative estimate of drug-likeness (QED) is 0.0461. The number of pyridine rings is 1. The fourth-order valence-electron chi connectivity index (χ4n) is 5.34. The molecule has 4 aromatic carbocycles. The summed E-state index contributed by atoms with van der Waals surface area (Å²) in [6, 6.07) is 33.6. The lowest BCUT2D eigenvalue weighted by molar-refractivity contribution is 0.0317. The third kappa shape index (κ3) is 12.6. The molecule has 0 bridgehead atoms. The monoisotopic (exact) mass is 735 g/mol. The van der Waals surface area contributed by atoms with Crippen molar-refractivity contribution in [3.8, 4) is 56.8 Å². The largest absolute Gasteiger partial charge is 0.491 e. The number of hydrogen-bond acceptors (Lipinski definition) is 11. The molecule has 7 rings (SSSR count). The Bertz CT molecular complexity index is 1690. The van der Waals surface area contributed by atoms with E-state index in [0.717, 1.165) is 47.0 Å². The molecule has 54 heavy (non-hydrogen) atoms. The van der Waals surface area contributed by atoms with Gasteiger partial charge in [-0.15, -0.1) is 0 Å². The Labute approximate surface area is 315 Å². The Balaban J connectivity index is 0.810. The van der Waals surface area contributed by atoms with Gasteiger partial charge in [0.05, 0.1) is 78.5 Å². The normalized spacial score (nSPS) is 15.8. The van der Waals surface area contributed by atoms with Gasteiger partial charge in [-0.1, -0.05) is 48.5 Å². The molecule has 0 N–H and O–H groups in total. The molecular weight excluding hydrogens is 690 g/mol. The molecule has 0 spiro atoms. The molecule has 0 aliphatic carbocycles. The van der Waals surface area contributed by atoms with Crippen molar-refractivity contribution in [3.63, 3.8) is 0 Å². The average molecular weight is 736 g/mol. The fraction of sp³-hybridized carbons (Fsp3) is 0.326. The maximum Gasteiger partial charge on any atom is 0.149 e. The highest BCUT2D eigenvalue weighted by Gasteiger charge is 2.22. The third-order valence-electron chi connectivity index (χ3n) is 8.39. The van der Waals surface area contributed by atoms with Crippen molar-refractivity contribution >= 4 is 0 Å². The van der Waals surface area contributed by atoms with Gasteiger partial charge in [-0.05, 0) is 70.8 Å². The van der Waals surface area contributed by atoms with Gasteiger partial charge in [0.2, 0.25) is 0 Å². The van der Waals surface area contributed by atoms with Crippen LogP contribution in [0.25, 0.3) is 22.3 Å². The van der Waals surface area contributed by atoms with E-state index in [1.807, 2.05) is 103 Å². The van der Waals surface area contributed by atoms with Crippen LogP contribution in [0.3, 0.4) is 0 Å². The molecule has 2 atom stereocenters. The summed E-state index contributed by atoms with van der Waals surface area (Å²) in [6.45, 7) is 7.06. The van der Waals surface area contributed by atoms with Crippen LogP contribution >= 0.6 is 0 Å². The van der Waals surface area contributed by atoms with Crippen LogP contribution in [0, 0.1) is 0 Å². The maximum absolute atomic E-state index is 6.10. The molecule has 2 aliphatic heterocycles. The molecule has 1 aromatic heterocycles. The maximum atomic E-state index is 6.10. The molecule has 11 nitrogen and oxygen atoms in total. The minimum atomic E-state index is 0.279. The van der Waals surface area contributed by atoms with Crippen LogP contribution in [0.5, 0.6) is 34.5 Å². The molecule has 2 fully saturated rings. The van der Waals surface area contributed by atoms with Crippen molar-refractivity contribution in [3.05, 3.63) is 116 Å². The van der Waals surface area contributed by atoms with Gasteiger partial charge in [0, 0.05) is 6.07 Å². The van der Waals surface area contributed by atoms with Crippen LogP contribution in [0.2, 0.25) is 0 Å². The Kier molecular flexibility index (Phi) is 13.7. The van der Waals surface area contributed by atoms with Crippen LogP contribution < -0.4 is 18.9 Å². The lowest BCUT2D eigenvalue weighted by atomic mass is 10.1. The SMILES string of the molecule is c1cc(-c2ccc(Oc3cncc(Oc4ccc(-c5ccc(OCCOCCOCC6CO6)cc5)cc4)c3)cc2)ccc1OCCOCCOCC1CO1. The Morgan fingerprint density at radius 2 is 0.741 bits per heavy atom. The minimum absolute atomic E-state index is 0.279. The molecule has 2 aliphatic rings. The van der Waals surface area contributed by atoms with Crippen molar-refractivity contribution in [2.75, 3.05) is 79.3 Å². The highest BCUT2D eigenvalue weighted by atomic mass is 16.6. The third-order valence-corrected chi connectivity index (χ3v) is 8.39. The van der Waals surface area contributed by atoms with Gasteiger partial charge in [-0.2, -0.15) is 0 Å². The summed E-state index contributed by atoms with van der Waals surface area (Å²) >= 11 is 0. The van der Waals surface area contributed by atoms with Crippen molar-refractivity contribution in [1.29, 1.82) is 0 Å². The van der Waals surface area contributed by atoms with Gasteiger partial charge >= 0.3 is 0 Å². The topological polar surface area (TPSA) is 112 Å². The number of benzene rings is 4. The minimum Gasteiger partial charge on any atom is -0.491 e. The second kappa shape index (κ2) is 19.9. The first-order valence-corrected chi connectivity index (χ1v) is 18.2. The molecule has 0 amide bonds. The molecule has 282 valence electrons. The first-order chi connectivity index (χ1) is 26.7. The molecule has 2 saturated heterocycles. The van der Waals surface area contributed by atoms with Crippen LogP contribution in [-0.4, -0.2) is 96.5 Å². The van der Waals surface area contributed by atoms with E-state index in [2.05, 4.69) is 4.98 Å². The molecular formula is C43H45NO10. The summed E-state index contributed by atoms with van der Waals surface area (Å²) in [5, 5.41) is 0. The summed E-state index contributed by atoms with van der Waals surface area (Å²) in [6.07, 6.45) is 3.88. The predicted octanol–water partition coefficient (Wildman–Crippen LogP) is 7.62. The summed E-state index contributed by atoms with van der Waals surface area (Å²) in [5.74, 6) is 4.12. The number of ether oxygens (including phenoxy) is 10. The van der Waals surface area contributed by atoms with Crippen molar-refractivity contribution in [2.24, 2.45) is 0 Å². The number of rotatable bonds is 24. The smallest absolute Gasteiger partial charge is 0.149 e. The predicted molar refractivity (Wildman–Crippen MR) is 202 cm³/mol. The van der Waals surface area contributed by atoms with Crippen molar-refractivity contribution in [1.82, 2.24) is 4.98 Å². The fourth-order valence-corrected chi connectivity index (χ4v) is 5.34. The van der Waals surface area contributed by atoms with Crippen LogP contribution in [0.15, 0.2) is 116 Å². The van der Waals surface area contributed by atoms with E-state index in [1.54, 1.807) is 12.4 Å². The summed E-state index contributed by atoms with van der Waals surface area (Å²) in [7, 11) is 0. The summed E-state index contributed by atoms with van der Waals surface area (Å²) in [5.41, 5.74) is 4.28. The lowest BCUT2D eigenvalue weighted by Crippen LogP contribution is -2.12. The van der Waals surface area contributed by atoms with Crippen molar-refractivity contribution in [2.45, 2.75) is 12.2 Å². The van der Waals surface area contributed by atoms with Crippen LogP contribution in [-0.2, 0) is 28.4 Å². The molecule has 0 saturated carbocycles. The summed E-state index contributed by atoms with van der Waals surface area (Å²) in [4.78, 5) is 4.32. The lowest BCUT2D eigenvalue weighted by Gasteiger charge is -2.11. The van der Waals surface area contributed by atoms with Crippen molar-refractivity contribution < 1.29 is 47.4 Å². The average Bonchev–Trinajstić information content (AvgIpc) is 4.16. The number of hydrogen-bond donors (Lipinski definition) is 0. The Hall–Kier alpha value is -5.01. The molecule has 11 heteroatoms.